The highest BCUT2D eigenvalue weighted by Gasteiger charge is 2.27. The van der Waals surface area contributed by atoms with Crippen molar-refractivity contribution in [2.75, 3.05) is 19.6 Å². The van der Waals surface area contributed by atoms with Crippen LogP contribution in [0.1, 0.15) is 60.0 Å². The maximum atomic E-state index is 12.3. The first-order valence-electron chi connectivity index (χ1n) is 9.23. The molecule has 23 heavy (non-hydrogen) atoms. The summed E-state index contributed by atoms with van der Waals surface area (Å²) in [4.78, 5) is 15.0. The summed E-state index contributed by atoms with van der Waals surface area (Å²) in [6.07, 6.45) is 8.07. The molecule has 0 aromatic heterocycles. The van der Waals surface area contributed by atoms with E-state index in [4.69, 9.17) is 0 Å². The number of hydrogen-bond donors (Lipinski definition) is 1. The summed E-state index contributed by atoms with van der Waals surface area (Å²) in [5.74, 6) is 0.717. The van der Waals surface area contributed by atoms with E-state index >= 15 is 0 Å². The average Bonchev–Trinajstić information content (AvgIpc) is 3.10. The Morgan fingerprint density at radius 2 is 1.78 bits per heavy atom. The maximum Gasteiger partial charge on any atom is 0.251 e. The van der Waals surface area contributed by atoms with E-state index in [0.29, 0.717) is 5.92 Å². The van der Waals surface area contributed by atoms with Gasteiger partial charge in [0.05, 0.1) is 0 Å². The molecule has 1 heterocycles. The minimum absolute atomic E-state index is 0.0753. The molecule has 0 radical (unpaired) electrons. The molecule has 1 N–H and O–H groups in total. The minimum Gasteiger partial charge on any atom is -0.352 e. The van der Waals surface area contributed by atoms with E-state index in [0.717, 1.165) is 18.2 Å². The van der Waals surface area contributed by atoms with Crippen molar-refractivity contribution in [3.05, 3.63) is 34.9 Å². The average molecular weight is 314 g/mol. The molecule has 0 spiro atoms. The van der Waals surface area contributed by atoms with E-state index in [1.165, 1.54) is 62.7 Å². The van der Waals surface area contributed by atoms with Crippen molar-refractivity contribution >= 4 is 5.91 Å². The molecular formula is C20H30N2O. The lowest BCUT2D eigenvalue weighted by atomic mass is 9.95. The molecule has 1 saturated heterocycles. The van der Waals surface area contributed by atoms with Crippen LogP contribution in [-0.2, 0) is 0 Å². The number of hydrogen-bond acceptors (Lipinski definition) is 2. The number of rotatable bonds is 4. The van der Waals surface area contributed by atoms with Crippen LogP contribution in [-0.4, -0.2) is 36.5 Å². The number of likely N-dealkylation sites (tertiary alicyclic amines) is 1. The summed E-state index contributed by atoms with van der Waals surface area (Å²) in [5.41, 5.74) is 3.21. The zero-order chi connectivity index (χ0) is 16.2. The molecule has 2 fully saturated rings. The standard InChI is InChI=1S/C20H30N2O/c1-15-7-8-18(13-16(15)2)20(23)21-14-17-9-11-22(12-10-17)19-5-3-4-6-19/h7-8,13,17,19H,3-6,9-12,14H2,1-2H3,(H,21,23). The largest absolute Gasteiger partial charge is 0.352 e. The number of carbonyl (C=O) groups excluding carboxylic acids is 1. The fourth-order valence-electron chi connectivity index (χ4n) is 4.01. The van der Waals surface area contributed by atoms with E-state index in [1.807, 2.05) is 18.2 Å². The topological polar surface area (TPSA) is 32.3 Å². The van der Waals surface area contributed by atoms with E-state index < -0.39 is 0 Å². The number of piperidine rings is 1. The number of aryl methyl sites for hydroxylation is 2. The van der Waals surface area contributed by atoms with Gasteiger partial charge in [-0.3, -0.25) is 4.79 Å². The second-order valence-corrected chi connectivity index (χ2v) is 7.43. The fourth-order valence-corrected chi connectivity index (χ4v) is 4.01. The van der Waals surface area contributed by atoms with Crippen LogP contribution in [0.25, 0.3) is 0 Å². The Bertz CT molecular complexity index is 541. The van der Waals surface area contributed by atoms with Crippen LogP contribution >= 0.6 is 0 Å². The molecule has 3 nitrogen and oxygen atoms in total. The third kappa shape index (κ3) is 4.14. The highest BCUT2D eigenvalue weighted by Crippen LogP contribution is 2.27. The molecule has 1 amide bonds. The molecule has 2 aliphatic rings. The lowest BCUT2D eigenvalue weighted by molar-refractivity contribution is 0.0924. The van der Waals surface area contributed by atoms with Gasteiger partial charge in [0.25, 0.3) is 5.91 Å². The van der Waals surface area contributed by atoms with Crippen molar-refractivity contribution in [2.24, 2.45) is 5.92 Å². The Morgan fingerprint density at radius 1 is 1.09 bits per heavy atom. The normalized spacial score (nSPS) is 20.8. The first kappa shape index (κ1) is 16.5. The minimum atomic E-state index is 0.0753. The second kappa shape index (κ2) is 7.48. The zero-order valence-electron chi connectivity index (χ0n) is 14.6. The summed E-state index contributed by atoms with van der Waals surface area (Å²) in [5, 5.41) is 3.14. The van der Waals surface area contributed by atoms with E-state index in [-0.39, 0.29) is 5.91 Å². The van der Waals surface area contributed by atoms with Gasteiger partial charge in [-0.2, -0.15) is 0 Å². The molecule has 1 aliphatic carbocycles. The van der Waals surface area contributed by atoms with Crippen molar-refractivity contribution in [3.63, 3.8) is 0 Å². The highest BCUT2D eigenvalue weighted by atomic mass is 16.1. The Labute approximate surface area is 140 Å². The zero-order valence-corrected chi connectivity index (χ0v) is 14.6. The highest BCUT2D eigenvalue weighted by molar-refractivity contribution is 5.94. The number of amides is 1. The van der Waals surface area contributed by atoms with Crippen LogP contribution < -0.4 is 5.32 Å². The van der Waals surface area contributed by atoms with Crippen molar-refractivity contribution in [2.45, 2.75) is 58.4 Å². The second-order valence-electron chi connectivity index (χ2n) is 7.43. The number of nitrogens with one attached hydrogen (secondary N) is 1. The van der Waals surface area contributed by atoms with Gasteiger partial charge in [-0.05, 0) is 81.8 Å². The Balaban J connectivity index is 1.44. The van der Waals surface area contributed by atoms with E-state index in [9.17, 15) is 4.79 Å². The Hall–Kier alpha value is -1.35. The third-order valence-corrected chi connectivity index (χ3v) is 5.81. The van der Waals surface area contributed by atoms with Crippen LogP contribution in [0.4, 0.5) is 0 Å². The molecule has 1 saturated carbocycles. The monoisotopic (exact) mass is 314 g/mol. The van der Waals surface area contributed by atoms with Crippen LogP contribution in [0.3, 0.4) is 0 Å². The Morgan fingerprint density at radius 3 is 2.43 bits per heavy atom. The van der Waals surface area contributed by atoms with Crippen molar-refractivity contribution < 1.29 is 4.79 Å². The lowest BCUT2D eigenvalue weighted by Gasteiger charge is -2.36. The quantitative estimate of drug-likeness (QED) is 0.919. The molecule has 0 bridgehead atoms. The molecule has 0 atom stereocenters. The predicted octanol–water partition coefficient (Wildman–Crippen LogP) is 3.69. The summed E-state index contributed by atoms with van der Waals surface area (Å²) in [7, 11) is 0. The molecule has 3 rings (SSSR count). The molecule has 1 aromatic carbocycles. The number of carbonyl (C=O) groups is 1. The van der Waals surface area contributed by atoms with Gasteiger partial charge in [-0.1, -0.05) is 18.9 Å². The van der Waals surface area contributed by atoms with Crippen molar-refractivity contribution in [3.8, 4) is 0 Å². The van der Waals surface area contributed by atoms with Crippen LogP contribution in [0.15, 0.2) is 18.2 Å². The number of benzene rings is 1. The van der Waals surface area contributed by atoms with Crippen LogP contribution in [0, 0.1) is 19.8 Å². The van der Waals surface area contributed by atoms with Crippen molar-refractivity contribution in [1.82, 2.24) is 10.2 Å². The van der Waals surface area contributed by atoms with E-state index in [1.54, 1.807) is 0 Å². The van der Waals surface area contributed by atoms with Crippen molar-refractivity contribution in [1.29, 1.82) is 0 Å². The Kier molecular flexibility index (Phi) is 5.37. The molecule has 1 aliphatic heterocycles. The van der Waals surface area contributed by atoms with Gasteiger partial charge in [-0.25, -0.2) is 0 Å². The van der Waals surface area contributed by atoms with Crippen LogP contribution in [0.5, 0.6) is 0 Å². The first-order chi connectivity index (χ1) is 11.1. The fraction of sp³-hybridized carbons (Fsp3) is 0.650. The summed E-state index contributed by atoms with van der Waals surface area (Å²) < 4.78 is 0. The molecule has 126 valence electrons. The molecule has 0 unspecified atom stereocenters. The SMILES string of the molecule is Cc1ccc(C(=O)NCC2CCN(C3CCCC3)CC2)cc1C. The first-order valence-corrected chi connectivity index (χ1v) is 9.23. The third-order valence-electron chi connectivity index (χ3n) is 5.81. The number of nitrogens with zero attached hydrogens (tertiary/aromatic N) is 1. The van der Waals surface area contributed by atoms with Gasteiger partial charge in [-0.15, -0.1) is 0 Å². The van der Waals surface area contributed by atoms with Gasteiger partial charge < -0.3 is 10.2 Å². The van der Waals surface area contributed by atoms with Gasteiger partial charge in [0, 0.05) is 18.2 Å². The smallest absolute Gasteiger partial charge is 0.251 e. The molecule has 1 aromatic rings. The lowest BCUT2D eigenvalue weighted by Crippen LogP contribution is -2.42. The van der Waals surface area contributed by atoms with Gasteiger partial charge in [0.1, 0.15) is 0 Å². The van der Waals surface area contributed by atoms with Gasteiger partial charge in [0.15, 0.2) is 0 Å². The summed E-state index contributed by atoms with van der Waals surface area (Å²) in [6.45, 7) is 7.40. The maximum absolute atomic E-state index is 12.3. The van der Waals surface area contributed by atoms with Gasteiger partial charge >= 0.3 is 0 Å². The summed E-state index contributed by atoms with van der Waals surface area (Å²) in [6, 6.07) is 6.80. The molecule has 3 heteroatoms. The van der Waals surface area contributed by atoms with Gasteiger partial charge in [0.2, 0.25) is 0 Å². The van der Waals surface area contributed by atoms with Crippen LogP contribution in [0.2, 0.25) is 0 Å². The predicted molar refractivity (Wildman–Crippen MR) is 94.8 cm³/mol. The summed E-state index contributed by atoms with van der Waals surface area (Å²) >= 11 is 0. The molecular weight excluding hydrogens is 284 g/mol. The van der Waals surface area contributed by atoms with E-state index in [2.05, 4.69) is 24.1 Å².